The molecule has 3 aromatic carbocycles. The van der Waals surface area contributed by atoms with E-state index < -0.39 is 17.7 Å². The van der Waals surface area contributed by atoms with Gasteiger partial charge in [0.2, 0.25) is 0 Å². The largest absolute Gasteiger partial charge is 0.494 e. The maximum atomic E-state index is 13.1. The van der Waals surface area contributed by atoms with Gasteiger partial charge in [-0.1, -0.05) is 30.3 Å². The number of nitrogens with zero attached hydrogens (tertiary/aromatic N) is 1. The summed E-state index contributed by atoms with van der Waals surface area (Å²) in [7, 11) is 0. The van der Waals surface area contributed by atoms with Crippen LogP contribution in [-0.4, -0.2) is 29.4 Å². The highest BCUT2D eigenvalue weighted by atomic mass is 32.1. The summed E-state index contributed by atoms with van der Waals surface area (Å²) in [4.78, 5) is 39.6. The Kier molecular flexibility index (Phi) is 5.96. The van der Waals surface area contributed by atoms with Crippen molar-refractivity contribution in [2.45, 2.75) is 6.92 Å². The van der Waals surface area contributed by atoms with E-state index in [-0.39, 0.29) is 16.2 Å². The number of ether oxygens (including phenoxy) is 1. The van der Waals surface area contributed by atoms with Gasteiger partial charge in [-0.25, -0.2) is 4.90 Å². The SMILES string of the molecule is CCOc1cccc(C(=O)NC(=S)Nc2cccc3c2C(=O)N(c2ccccc2)C3=O)c1. The smallest absolute Gasteiger partial charge is 0.268 e. The molecule has 4 rings (SSSR count). The molecule has 8 heteroatoms. The second-order valence-electron chi connectivity index (χ2n) is 6.88. The minimum atomic E-state index is -0.460. The number of thiocarbonyl (C=S) groups is 1. The van der Waals surface area contributed by atoms with Gasteiger partial charge in [-0.2, -0.15) is 0 Å². The molecule has 7 nitrogen and oxygen atoms in total. The Morgan fingerprint density at radius 3 is 2.47 bits per heavy atom. The molecular weight excluding hydrogens is 426 g/mol. The number of amides is 3. The summed E-state index contributed by atoms with van der Waals surface area (Å²) in [6.07, 6.45) is 0. The van der Waals surface area contributed by atoms with E-state index in [1.165, 1.54) is 0 Å². The summed E-state index contributed by atoms with van der Waals surface area (Å²) in [5, 5.41) is 5.47. The molecule has 1 aliphatic heterocycles. The van der Waals surface area contributed by atoms with Crippen LogP contribution >= 0.6 is 12.2 Å². The maximum absolute atomic E-state index is 13.1. The lowest BCUT2D eigenvalue weighted by Crippen LogP contribution is -2.34. The highest BCUT2D eigenvalue weighted by Gasteiger charge is 2.38. The van der Waals surface area contributed by atoms with Crippen molar-refractivity contribution >= 4 is 46.4 Å². The van der Waals surface area contributed by atoms with Crippen molar-refractivity contribution in [3.63, 3.8) is 0 Å². The molecule has 1 heterocycles. The number of para-hydroxylation sites is 1. The Labute approximate surface area is 190 Å². The number of imide groups is 1. The number of rotatable bonds is 5. The van der Waals surface area contributed by atoms with Crippen LogP contribution < -0.4 is 20.3 Å². The molecule has 0 radical (unpaired) electrons. The molecular formula is C24H19N3O4S. The molecule has 0 aliphatic carbocycles. The quantitative estimate of drug-likeness (QED) is 0.456. The average molecular weight is 446 g/mol. The number of fused-ring (bicyclic) bond motifs is 1. The molecule has 0 atom stereocenters. The van der Waals surface area contributed by atoms with E-state index >= 15 is 0 Å². The number of anilines is 2. The number of hydrogen-bond donors (Lipinski definition) is 2. The Morgan fingerprint density at radius 1 is 0.969 bits per heavy atom. The molecule has 2 N–H and O–H groups in total. The number of hydrogen-bond acceptors (Lipinski definition) is 5. The molecule has 0 aromatic heterocycles. The Morgan fingerprint density at radius 2 is 1.72 bits per heavy atom. The van der Waals surface area contributed by atoms with E-state index in [0.717, 1.165) is 4.90 Å². The summed E-state index contributed by atoms with van der Waals surface area (Å²) < 4.78 is 5.41. The minimum Gasteiger partial charge on any atom is -0.494 e. The number of benzene rings is 3. The van der Waals surface area contributed by atoms with Crippen molar-refractivity contribution in [2.75, 3.05) is 16.8 Å². The fraction of sp³-hybridized carbons (Fsp3) is 0.0833. The lowest BCUT2D eigenvalue weighted by atomic mass is 10.1. The Bertz CT molecular complexity index is 1230. The van der Waals surface area contributed by atoms with Crippen LogP contribution in [0.2, 0.25) is 0 Å². The van der Waals surface area contributed by atoms with Gasteiger partial charge in [-0.15, -0.1) is 0 Å². The monoisotopic (exact) mass is 445 g/mol. The van der Waals surface area contributed by atoms with Gasteiger partial charge in [0.1, 0.15) is 5.75 Å². The molecule has 0 bridgehead atoms. The molecule has 32 heavy (non-hydrogen) atoms. The van der Waals surface area contributed by atoms with Crippen LogP contribution in [0.25, 0.3) is 0 Å². The van der Waals surface area contributed by atoms with E-state index in [1.54, 1.807) is 72.8 Å². The van der Waals surface area contributed by atoms with E-state index in [0.29, 0.717) is 29.3 Å². The van der Waals surface area contributed by atoms with Crippen molar-refractivity contribution < 1.29 is 19.1 Å². The lowest BCUT2D eigenvalue weighted by Gasteiger charge is -2.14. The second-order valence-corrected chi connectivity index (χ2v) is 7.29. The van der Waals surface area contributed by atoms with Crippen molar-refractivity contribution in [2.24, 2.45) is 0 Å². The predicted molar refractivity (Wildman–Crippen MR) is 125 cm³/mol. The standard InChI is InChI=1S/C24H19N3O4S/c1-2-31-17-11-6-8-15(14-17)21(28)26-24(32)25-19-13-7-12-18-20(19)23(30)27(22(18)29)16-9-4-3-5-10-16/h3-14H,2H2,1H3,(H2,25,26,28,32). The van der Waals surface area contributed by atoms with E-state index in [2.05, 4.69) is 10.6 Å². The Balaban J connectivity index is 1.53. The molecule has 0 fully saturated rings. The first-order chi connectivity index (χ1) is 15.5. The van der Waals surface area contributed by atoms with Gasteiger partial charge in [0.25, 0.3) is 17.7 Å². The van der Waals surface area contributed by atoms with Gasteiger partial charge in [0.15, 0.2) is 5.11 Å². The fourth-order valence-corrected chi connectivity index (χ4v) is 3.63. The van der Waals surface area contributed by atoms with Gasteiger partial charge in [0, 0.05) is 5.56 Å². The average Bonchev–Trinajstić information content (AvgIpc) is 3.05. The zero-order valence-corrected chi connectivity index (χ0v) is 17.9. The van der Waals surface area contributed by atoms with Gasteiger partial charge in [-0.05, 0) is 61.6 Å². The van der Waals surface area contributed by atoms with Crippen molar-refractivity contribution in [3.8, 4) is 5.75 Å². The third-order valence-electron chi connectivity index (χ3n) is 4.81. The first kappa shape index (κ1) is 21.2. The first-order valence-corrected chi connectivity index (χ1v) is 10.3. The summed E-state index contributed by atoms with van der Waals surface area (Å²) in [6.45, 7) is 2.34. The fourth-order valence-electron chi connectivity index (χ4n) is 3.42. The normalized spacial score (nSPS) is 12.3. The zero-order chi connectivity index (χ0) is 22.7. The summed E-state index contributed by atoms with van der Waals surface area (Å²) in [5.41, 5.74) is 1.67. The molecule has 3 amide bonds. The van der Waals surface area contributed by atoms with Crippen molar-refractivity contribution in [1.29, 1.82) is 0 Å². The second kappa shape index (κ2) is 8.99. The topological polar surface area (TPSA) is 87.7 Å². The van der Waals surface area contributed by atoms with Crippen molar-refractivity contribution in [3.05, 3.63) is 89.5 Å². The highest BCUT2D eigenvalue weighted by molar-refractivity contribution is 7.80. The molecule has 0 saturated carbocycles. The van der Waals surface area contributed by atoms with Gasteiger partial charge < -0.3 is 10.1 Å². The van der Waals surface area contributed by atoms with Crippen molar-refractivity contribution in [1.82, 2.24) is 5.32 Å². The molecule has 160 valence electrons. The molecule has 3 aromatic rings. The van der Waals surface area contributed by atoms with Crippen LogP contribution in [0.5, 0.6) is 5.75 Å². The number of carbonyl (C=O) groups is 3. The van der Waals surface area contributed by atoms with E-state index in [9.17, 15) is 14.4 Å². The number of nitrogens with one attached hydrogen (secondary N) is 2. The minimum absolute atomic E-state index is 0.00335. The molecule has 0 spiro atoms. The van der Waals surface area contributed by atoms with Gasteiger partial charge in [0.05, 0.1) is 29.1 Å². The highest BCUT2D eigenvalue weighted by Crippen LogP contribution is 2.32. The van der Waals surface area contributed by atoms with E-state index in [4.69, 9.17) is 17.0 Å². The van der Waals surface area contributed by atoms with Gasteiger partial charge in [-0.3, -0.25) is 19.7 Å². The van der Waals surface area contributed by atoms with E-state index in [1.807, 2.05) is 6.92 Å². The number of carbonyl (C=O) groups excluding carboxylic acids is 3. The van der Waals surface area contributed by atoms with Crippen LogP contribution in [0.1, 0.15) is 38.0 Å². The summed E-state index contributed by atoms with van der Waals surface area (Å²) in [5.74, 6) is -0.727. The lowest BCUT2D eigenvalue weighted by molar-refractivity contribution is 0.0924. The van der Waals surface area contributed by atoms with Crippen LogP contribution in [0.4, 0.5) is 11.4 Å². The zero-order valence-electron chi connectivity index (χ0n) is 17.1. The molecule has 0 unspecified atom stereocenters. The van der Waals surface area contributed by atoms with Crippen LogP contribution in [0.15, 0.2) is 72.8 Å². The Hall–Kier alpha value is -4.04. The predicted octanol–water partition coefficient (Wildman–Crippen LogP) is 4.01. The summed E-state index contributed by atoms with van der Waals surface area (Å²) >= 11 is 5.27. The maximum Gasteiger partial charge on any atom is 0.268 e. The van der Waals surface area contributed by atoms with Gasteiger partial charge >= 0.3 is 0 Å². The van der Waals surface area contributed by atoms with Crippen LogP contribution in [0, 0.1) is 0 Å². The molecule has 0 saturated heterocycles. The van der Waals surface area contributed by atoms with Crippen LogP contribution in [-0.2, 0) is 0 Å². The first-order valence-electron chi connectivity index (χ1n) is 9.91. The summed E-state index contributed by atoms with van der Waals surface area (Å²) in [6, 6.07) is 20.3. The molecule has 1 aliphatic rings. The van der Waals surface area contributed by atoms with Crippen LogP contribution in [0.3, 0.4) is 0 Å². The third-order valence-corrected chi connectivity index (χ3v) is 5.02. The third kappa shape index (κ3) is 4.08.